The van der Waals surface area contributed by atoms with E-state index in [9.17, 15) is 9.59 Å². The first kappa shape index (κ1) is 19.1. The average molecular weight is 392 g/mol. The summed E-state index contributed by atoms with van der Waals surface area (Å²) in [6.45, 7) is 2.27. The van der Waals surface area contributed by atoms with Gasteiger partial charge in [-0.2, -0.15) is 0 Å². The molecule has 1 aliphatic rings. The normalized spacial score (nSPS) is 13.8. The Bertz CT molecular complexity index is 1010. The number of hydrogen-bond acceptors (Lipinski definition) is 4. The van der Waals surface area contributed by atoms with Gasteiger partial charge in [-0.25, -0.2) is 0 Å². The molecule has 1 N–H and O–H groups in total. The number of fused-ring (bicyclic) bond motifs is 1. The van der Waals surface area contributed by atoms with E-state index in [1.54, 1.807) is 12.1 Å². The van der Waals surface area contributed by atoms with Crippen molar-refractivity contribution in [2.24, 2.45) is 0 Å². The molecule has 0 bridgehead atoms. The van der Waals surface area contributed by atoms with Crippen molar-refractivity contribution in [1.29, 1.82) is 0 Å². The van der Waals surface area contributed by atoms with Crippen molar-refractivity contribution >= 4 is 22.6 Å². The lowest BCUT2D eigenvalue weighted by Gasteiger charge is -2.14. The molecule has 2 heterocycles. The second kappa shape index (κ2) is 8.82. The molecule has 0 radical (unpaired) electrons. The summed E-state index contributed by atoms with van der Waals surface area (Å²) in [4.78, 5) is 25.6. The number of furan rings is 1. The van der Waals surface area contributed by atoms with Crippen LogP contribution in [0.5, 0.6) is 5.75 Å². The maximum Gasteiger partial charge on any atom is 0.286 e. The van der Waals surface area contributed by atoms with Gasteiger partial charge in [-0.05, 0) is 47.9 Å². The van der Waals surface area contributed by atoms with Crippen LogP contribution in [0.2, 0.25) is 0 Å². The zero-order valence-electron chi connectivity index (χ0n) is 16.2. The molecule has 0 aliphatic carbocycles. The van der Waals surface area contributed by atoms with Crippen LogP contribution in [0.25, 0.3) is 10.8 Å². The molecule has 0 saturated carbocycles. The van der Waals surface area contributed by atoms with Gasteiger partial charge in [0.2, 0.25) is 5.91 Å². The molecule has 4 rings (SSSR count). The fourth-order valence-corrected chi connectivity index (χ4v) is 3.49. The summed E-state index contributed by atoms with van der Waals surface area (Å²) in [5, 5.41) is 5.10. The van der Waals surface area contributed by atoms with Crippen LogP contribution in [0.4, 0.5) is 0 Å². The third kappa shape index (κ3) is 4.77. The van der Waals surface area contributed by atoms with E-state index in [4.69, 9.17) is 9.15 Å². The van der Waals surface area contributed by atoms with Crippen LogP contribution in [-0.4, -0.2) is 36.3 Å². The Balaban J connectivity index is 1.24. The summed E-state index contributed by atoms with van der Waals surface area (Å²) < 4.78 is 11.4. The number of nitrogens with zero attached hydrogens (tertiary/aromatic N) is 1. The predicted molar refractivity (Wildman–Crippen MR) is 110 cm³/mol. The molecule has 3 aromatic rings. The molecular formula is C23H24N2O4. The number of carbonyl (C=O) groups excluding carboxylic acids is 2. The first-order valence-corrected chi connectivity index (χ1v) is 9.95. The molecular weight excluding hydrogens is 368 g/mol. The zero-order chi connectivity index (χ0) is 20.1. The maximum atomic E-state index is 12.2. The van der Waals surface area contributed by atoms with E-state index in [0.29, 0.717) is 25.3 Å². The van der Waals surface area contributed by atoms with Crippen molar-refractivity contribution in [3.05, 3.63) is 66.1 Å². The molecule has 29 heavy (non-hydrogen) atoms. The fraction of sp³-hybridized carbons (Fsp3) is 0.304. The third-order valence-corrected chi connectivity index (χ3v) is 5.05. The molecule has 0 unspecified atom stereocenters. The largest absolute Gasteiger partial charge is 0.486 e. The van der Waals surface area contributed by atoms with E-state index in [-0.39, 0.29) is 24.2 Å². The van der Waals surface area contributed by atoms with Crippen LogP contribution in [0.3, 0.4) is 0 Å². The number of benzene rings is 2. The van der Waals surface area contributed by atoms with Gasteiger partial charge >= 0.3 is 0 Å². The van der Waals surface area contributed by atoms with Crippen LogP contribution in [-0.2, 0) is 11.4 Å². The Morgan fingerprint density at radius 2 is 1.97 bits per heavy atom. The summed E-state index contributed by atoms with van der Waals surface area (Å²) >= 11 is 0. The highest BCUT2D eigenvalue weighted by atomic mass is 16.5. The number of hydrogen-bond donors (Lipinski definition) is 1. The smallest absolute Gasteiger partial charge is 0.286 e. The van der Waals surface area contributed by atoms with Crippen molar-refractivity contribution < 1.29 is 18.7 Å². The minimum absolute atomic E-state index is 0.207. The average Bonchev–Trinajstić information content (AvgIpc) is 3.38. The second-order valence-electron chi connectivity index (χ2n) is 7.16. The summed E-state index contributed by atoms with van der Waals surface area (Å²) in [6.07, 6.45) is 2.31. The monoisotopic (exact) mass is 392 g/mol. The lowest BCUT2D eigenvalue weighted by molar-refractivity contribution is -0.127. The Morgan fingerprint density at radius 3 is 2.79 bits per heavy atom. The third-order valence-electron chi connectivity index (χ3n) is 5.05. The topological polar surface area (TPSA) is 71.8 Å². The van der Waals surface area contributed by atoms with E-state index in [1.807, 2.05) is 41.3 Å². The second-order valence-corrected chi connectivity index (χ2v) is 7.16. The van der Waals surface area contributed by atoms with E-state index in [1.165, 1.54) is 0 Å². The van der Waals surface area contributed by atoms with Gasteiger partial charge in [0.1, 0.15) is 18.1 Å². The van der Waals surface area contributed by atoms with Gasteiger partial charge in [0, 0.05) is 26.1 Å². The lowest BCUT2D eigenvalue weighted by atomic mass is 10.1. The highest BCUT2D eigenvalue weighted by molar-refractivity contribution is 5.91. The Morgan fingerprint density at radius 1 is 1.10 bits per heavy atom. The zero-order valence-corrected chi connectivity index (χ0v) is 16.2. The van der Waals surface area contributed by atoms with Gasteiger partial charge in [-0.15, -0.1) is 0 Å². The van der Waals surface area contributed by atoms with E-state index in [0.717, 1.165) is 35.9 Å². The highest BCUT2D eigenvalue weighted by Gasteiger charge is 2.19. The summed E-state index contributed by atoms with van der Waals surface area (Å²) in [7, 11) is 0. The SMILES string of the molecule is O=C(NCCCN1CCCC1=O)c1ccc(COc2ccc3ccccc3c2)o1. The Hall–Kier alpha value is -3.28. The van der Waals surface area contributed by atoms with Gasteiger partial charge in [0.15, 0.2) is 5.76 Å². The Labute approximate surface area is 169 Å². The molecule has 6 nitrogen and oxygen atoms in total. The number of carbonyl (C=O) groups is 2. The minimum Gasteiger partial charge on any atom is -0.486 e. The van der Waals surface area contributed by atoms with E-state index >= 15 is 0 Å². The molecule has 0 atom stereocenters. The van der Waals surface area contributed by atoms with E-state index < -0.39 is 0 Å². The molecule has 1 aromatic heterocycles. The van der Waals surface area contributed by atoms with Crippen LogP contribution >= 0.6 is 0 Å². The number of ether oxygens (including phenoxy) is 1. The van der Waals surface area contributed by atoms with Crippen molar-refractivity contribution in [2.45, 2.75) is 25.9 Å². The van der Waals surface area contributed by atoms with Crippen LogP contribution in [0.15, 0.2) is 59.0 Å². The van der Waals surface area contributed by atoms with Crippen LogP contribution in [0, 0.1) is 0 Å². The maximum absolute atomic E-state index is 12.2. The fourth-order valence-electron chi connectivity index (χ4n) is 3.49. The minimum atomic E-state index is -0.255. The number of nitrogens with one attached hydrogen (secondary N) is 1. The summed E-state index contributed by atoms with van der Waals surface area (Å²) in [5.74, 6) is 1.56. The molecule has 2 aromatic carbocycles. The van der Waals surface area contributed by atoms with Crippen molar-refractivity contribution in [1.82, 2.24) is 10.2 Å². The first-order chi connectivity index (χ1) is 14.2. The van der Waals surface area contributed by atoms with Gasteiger partial charge in [-0.3, -0.25) is 9.59 Å². The summed E-state index contributed by atoms with van der Waals surface area (Å²) in [5.41, 5.74) is 0. The molecule has 1 fully saturated rings. The number of amides is 2. The quantitative estimate of drug-likeness (QED) is 0.593. The Kier molecular flexibility index (Phi) is 5.79. The van der Waals surface area contributed by atoms with Crippen molar-refractivity contribution in [3.8, 4) is 5.75 Å². The first-order valence-electron chi connectivity index (χ1n) is 9.95. The number of rotatable bonds is 8. The van der Waals surface area contributed by atoms with Crippen molar-refractivity contribution in [3.63, 3.8) is 0 Å². The van der Waals surface area contributed by atoms with Gasteiger partial charge in [0.05, 0.1) is 0 Å². The molecule has 2 amide bonds. The standard InChI is InChI=1S/C23H24N2O4/c26-22-7-3-13-25(22)14-4-12-24-23(27)21-11-10-20(29-21)16-28-19-9-8-17-5-1-2-6-18(17)15-19/h1-2,5-6,8-11,15H,3-4,7,12-14,16H2,(H,24,27). The predicted octanol–water partition coefficient (Wildman–Crippen LogP) is 3.75. The highest BCUT2D eigenvalue weighted by Crippen LogP contribution is 2.21. The molecule has 1 saturated heterocycles. The van der Waals surface area contributed by atoms with Crippen LogP contribution < -0.4 is 10.1 Å². The van der Waals surface area contributed by atoms with E-state index in [2.05, 4.69) is 11.4 Å². The van der Waals surface area contributed by atoms with Gasteiger partial charge in [-0.1, -0.05) is 30.3 Å². The van der Waals surface area contributed by atoms with Crippen molar-refractivity contribution in [2.75, 3.05) is 19.6 Å². The molecule has 150 valence electrons. The molecule has 6 heteroatoms. The van der Waals surface area contributed by atoms with Gasteiger partial charge in [0.25, 0.3) is 5.91 Å². The molecule has 0 spiro atoms. The summed E-state index contributed by atoms with van der Waals surface area (Å²) in [6, 6.07) is 17.4. The van der Waals surface area contributed by atoms with Gasteiger partial charge < -0.3 is 19.4 Å². The van der Waals surface area contributed by atoms with Crippen LogP contribution in [0.1, 0.15) is 35.6 Å². The molecule has 1 aliphatic heterocycles. The number of likely N-dealkylation sites (tertiary alicyclic amines) is 1. The lowest BCUT2D eigenvalue weighted by Crippen LogP contribution is -2.30.